The van der Waals surface area contributed by atoms with Gasteiger partial charge in [-0.2, -0.15) is 0 Å². The summed E-state index contributed by atoms with van der Waals surface area (Å²) in [7, 11) is -3.59. The Kier molecular flexibility index (Phi) is 9.06. The summed E-state index contributed by atoms with van der Waals surface area (Å²) >= 11 is 0. The van der Waals surface area contributed by atoms with Crippen LogP contribution in [-0.2, 0) is 49.0 Å². The third-order valence-corrected chi connectivity index (χ3v) is 14.7. The Morgan fingerprint density at radius 3 is 2.25 bits per heavy atom. The van der Waals surface area contributed by atoms with Crippen LogP contribution in [0.3, 0.4) is 0 Å². The fourth-order valence-corrected chi connectivity index (χ4v) is 12.2. The predicted octanol–water partition coefficient (Wildman–Crippen LogP) is 5.60. The van der Waals surface area contributed by atoms with Gasteiger partial charge in [-0.15, -0.1) is 0 Å². The minimum atomic E-state index is -3.59. The lowest BCUT2D eigenvalue weighted by Crippen LogP contribution is -2.48. The van der Waals surface area contributed by atoms with Gasteiger partial charge < -0.3 is 33.6 Å². The molecular formula is C41H47FN4O6Si. The number of fused-ring (bicyclic) bond motifs is 3. The first-order chi connectivity index (χ1) is 25.4. The number of hydrogen-bond donors (Lipinski definition) is 1. The quantitative estimate of drug-likeness (QED) is 0.238. The van der Waals surface area contributed by atoms with Gasteiger partial charge in [0.15, 0.2) is 5.60 Å². The van der Waals surface area contributed by atoms with Gasteiger partial charge >= 0.3 is 0 Å². The highest BCUT2D eigenvalue weighted by Crippen LogP contribution is 2.61. The monoisotopic (exact) mass is 738 g/mol. The Balaban J connectivity index is 1.17. The minimum absolute atomic E-state index is 0.00837. The molecule has 1 N–H and O–H groups in total. The number of benzene rings is 3. The molecule has 0 saturated carbocycles. The minimum Gasteiger partial charge on any atom is -0.394 e. The van der Waals surface area contributed by atoms with Crippen molar-refractivity contribution in [1.82, 2.24) is 4.90 Å². The van der Waals surface area contributed by atoms with Gasteiger partial charge in [0.25, 0.3) is 5.91 Å². The van der Waals surface area contributed by atoms with E-state index in [0.717, 1.165) is 35.2 Å². The van der Waals surface area contributed by atoms with E-state index >= 15 is 8.90 Å². The molecule has 3 fully saturated rings. The molecule has 5 aliphatic heterocycles. The van der Waals surface area contributed by atoms with E-state index in [-0.39, 0.29) is 43.2 Å². The number of carbonyl (C=O) groups excluding carboxylic acids is 4. The molecule has 0 aromatic heterocycles. The number of nitrogens with zero attached hydrogens (tertiary/aromatic N) is 4. The zero-order chi connectivity index (χ0) is 37.2. The van der Waals surface area contributed by atoms with Crippen LogP contribution in [0.2, 0.25) is 18.6 Å². The van der Waals surface area contributed by atoms with E-state index in [1.807, 2.05) is 73.7 Å². The average molecular weight is 739 g/mol. The molecule has 5 aliphatic rings. The van der Waals surface area contributed by atoms with E-state index in [0.29, 0.717) is 55.8 Å². The van der Waals surface area contributed by atoms with Gasteiger partial charge in [-0.1, -0.05) is 43.3 Å². The molecule has 53 heavy (non-hydrogen) atoms. The van der Waals surface area contributed by atoms with Gasteiger partial charge in [-0.3, -0.25) is 19.2 Å². The molecule has 4 amide bonds. The zero-order valence-electron chi connectivity index (χ0n) is 30.6. The van der Waals surface area contributed by atoms with Crippen molar-refractivity contribution in [3.63, 3.8) is 0 Å². The van der Waals surface area contributed by atoms with Gasteiger partial charge in [0, 0.05) is 60.9 Å². The number of anilines is 3. The maximum atomic E-state index is 16.7. The molecule has 8 rings (SSSR count). The number of rotatable bonds is 8. The first kappa shape index (κ1) is 35.6. The topological polar surface area (TPSA) is 111 Å². The largest absolute Gasteiger partial charge is 0.394 e. The molecule has 1 spiro atoms. The second-order valence-corrected chi connectivity index (χ2v) is 19.7. The second-order valence-electron chi connectivity index (χ2n) is 15.9. The van der Waals surface area contributed by atoms with Crippen molar-refractivity contribution >= 4 is 49.1 Å². The normalized spacial score (nSPS) is 27.0. The van der Waals surface area contributed by atoms with Crippen LogP contribution in [0.4, 0.5) is 21.2 Å². The third kappa shape index (κ3) is 5.99. The Labute approximate surface area is 310 Å². The molecule has 12 heteroatoms. The highest BCUT2D eigenvalue weighted by Gasteiger charge is 2.67. The maximum Gasteiger partial charge on any atom is 0.264 e. The fourth-order valence-electron chi connectivity index (χ4n) is 9.74. The van der Waals surface area contributed by atoms with Gasteiger partial charge in [0.2, 0.25) is 26.1 Å². The molecule has 0 unspecified atom stereocenters. The highest BCUT2D eigenvalue weighted by atomic mass is 28.4. The summed E-state index contributed by atoms with van der Waals surface area (Å²) in [5, 5.41) is 10.3. The number of hydrogen-bond acceptors (Lipinski definition) is 6. The molecule has 3 aromatic rings. The molecular weight excluding hydrogens is 692 g/mol. The van der Waals surface area contributed by atoms with Gasteiger partial charge in [-0.05, 0) is 79.4 Å². The SMILES string of the molecule is C[C@H]1[C@H]([Si](C)(C)F)[C@@H](CC(=O)N2Cc3ccccc3C[C@H]2CO)O[C@]12C(=O)N(Cc1cccc(N3CCCC3=O)c1)c1ccc(N3CCCC3=O)cc12. The smallest absolute Gasteiger partial charge is 0.264 e. The zero-order valence-corrected chi connectivity index (χ0v) is 31.6. The van der Waals surface area contributed by atoms with E-state index in [1.165, 1.54) is 0 Å². The summed E-state index contributed by atoms with van der Waals surface area (Å²) in [5.74, 6) is -1.12. The lowest BCUT2D eigenvalue weighted by Gasteiger charge is -2.37. The summed E-state index contributed by atoms with van der Waals surface area (Å²) in [4.78, 5) is 61.7. The van der Waals surface area contributed by atoms with Crippen LogP contribution in [-0.4, -0.2) is 73.9 Å². The van der Waals surface area contributed by atoms with Crippen molar-refractivity contribution in [2.45, 2.75) is 94.9 Å². The molecule has 0 radical (unpaired) electrons. The predicted molar refractivity (Wildman–Crippen MR) is 201 cm³/mol. The van der Waals surface area contributed by atoms with E-state index < -0.39 is 37.6 Å². The Bertz CT molecular complexity index is 1990. The lowest BCUT2D eigenvalue weighted by atomic mass is 9.82. The number of halogens is 1. The third-order valence-electron chi connectivity index (χ3n) is 12.2. The number of aliphatic hydroxyl groups is 1. The molecule has 3 aromatic carbocycles. The van der Waals surface area contributed by atoms with Crippen LogP contribution >= 0.6 is 0 Å². The summed E-state index contributed by atoms with van der Waals surface area (Å²) < 4.78 is 23.7. The van der Waals surface area contributed by atoms with Crippen LogP contribution in [0.25, 0.3) is 0 Å². The average Bonchev–Trinajstić information content (AvgIpc) is 3.89. The molecule has 3 saturated heterocycles. The first-order valence-corrected chi connectivity index (χ1v) is 21.9. The lowest BCUT2D eigenvalue weighted by molar-refractivity contribution is -0.151. The molecule has 278 valence electrons. The Hall–Kier alpha value is -4.39. The maximum absolute atomic E-state index is 16.7. The molecule has 5 atom stereocenters. The highest BCUT2D eigenvalue weighted by molar-refractivity contribution is 6.72. The summed E-state index contributed by atoms with van der Waals surface area (Å²) in [6.45, 7) is 6.63. The van der Waals surface area contributed by atoms with Gasteiger partial charge in [0.1, 0.15) is 0 Å². The number of ether oxygens (including phenoxy) is 1. The number of amides is 4. The number of aliphatic hydroxyl groups excluding tert-OH is 1. The van der Waals surface area contributed by atoms with Gasteiger partial charge in [-0.25, -0.2) is 0 Å². The van der Waals surface area contributed by atoms with Crippen molar-refractivity contribution in [2.75, 3.05) is 34.4 Å². The molecule has 0 bridgehead atoms. The Morgan fingerprint density at radius 2 is 1.60 bits per heavy atom. The van der Waals surface area contributed by atoms with Crippen LogP contribution < -0.4 is 14.7 Å². The van der Waals surface area contributed by atoms with Crippen molar-refractivity contribution in [2.24, 2.45) is 5.92 Å². The fraction of sp³-hybridized carbons (Fsp3) is 0.463. The Morgan fingerprint density at radius 1 is 0.925 bits per heavy atom. The van der Waals surface area contributed by atoms with Crippen molar-refractivity contribution in [3.05, 3.63) is 89.0 Å². The van der Waals surface area contributed by atoms with Crippen LogP contribution in [0.5, 0.6) is 0 Å². The molecule has 10 nitrogen and oxygen atoms in total. The first-order valence-electron chi connectivity index (χ1n) is 18.9. The van der Waals surface area contributed by atoms with Gasteiger partial charge in [0.05, 0.1) is 37.4 Å². The van der Waals surface area contributed by atoms with E-state index in [2.05, 4.69) is 0 Å². The summed E-state index contributed by atoms with van der Waals surface area (Å²) in [5.41, 5.74) is 3.29. The summed E-state index contributed by atoms with van der Waals surface area (Å²) in [6, 6.07) is 20.7. The van der Waals surface area contributed by atoms with E-state index in [1.54, 1.807) is 32.7 Å². The second kappa shape index (κ2) is 13.5. The van der Waals surface area contributed by atoms with E-state index in [9.17, 15) is 19.5 Å². The molecule has 5 heterocycles. The van der Waals surface area contributed by atoms with Crippen molar-refractivity contribution < 1.29 is 33.1 Å². The van der Waals surface area contributed by atoms with Crippen LogP contribution in [0.1, 0.15) is 61.3 Å². The van der Waals surface area contributed by atoms with Crippen molar-refractivity contribution in [1.29, 1.82) is 0 Å². The van der Waals surface area contributed by atoms with E-state index in [4.69, 9.17) is 4.74 Å². The van der Waals surface area contributed by atoms with Crippen molar-refractivity contribution in [3.8, 4) is 0 Å². The number of carbonyl (C=O) groups is 4. The molecule has 0 aliphatic carbocycles. The summed E-state index contributed by atoms with van der Waals surface area (Å²) in [6.07, 6.45) is 1.98. The van der Waals surface area contributed by atoms with Crippen LogP contribution in [0, 0.1) is 5.92 Å². The van der Waals surface area contributed by atoms with Crippen LogP contribution in [0.15, 0.2) is 66.7 Å². The standard InChI is InChI=1S/C41H47FN4O6Si/c1-26-39(53(2,3)42)35(22-38(50)45-24-29-11-5-4-10-28(29)20-32(45)25-47)52-41(26)33-21-31(44-18-8-14-37(44)49)15-16-34(33)46(40(41)51)23-27-9-6-12-30(19-27)43-17-7-13-36(43)48/h4-6,9-12,15-16,19,21,26,32,35,39,47H,7-8,13-14,17-18,20,22-25H2,1-3H3/t26-,32-,35+,39-,41+/m0/s1.